The van der Waals surface area contributed by atoms with Gasteiger partial charge >= 0.3 is 12.1 Å². The zero-order valence-corrected chi connectivity index (χ0v) is 27.5. The standard InChI is InChI=1S/C39H43N3O7/c43-23-28-15-11-21-42(28)36(44)22-27-14-5-2-6-20-34(38(46)48-25-35(40-37(27)45)26-12-3-1-4-13-26)41-39(47)49-24-33-31-18-9-7-16-29(31)30-17-8-10-19-32(30)33/h1-5,7-10,12-13,16-19,27-28,33-35,43H,6,11,14-15,20-25H2,(H,40,45)(H,41,47). The molecule has 0 aromatic heterocycles. The molecule has 0 radical (unpaired) electrons. The Balaban J connectivity index is 1.14. The number of allylic oxidation sites excluding steroid dienone is 2. The van der Waals surface area contributed by atoms with E-state index in [9.17, 15) is 24.3 Å². The molecular weight excluding hydrogens is 622 g/mol. The molecule has 3 aromatic carbocycles. The van der Waals surface area contributed by atoms with E-state index in [1.54, 1.807) is 4.90 Å². The fraction of sp³-hybridized carbons (Fsp3) is 0.385. The highest BCUT2D eigenvalue weighted by Gasteiger charge is 2.33. The summed E-state index contributed by atoms with van der Waals surface area (Å²) in [6.07, 6.45) is 5.53. The van der Waals surface area contributed by atoms with Crippen molar-refractivity contribution in [1.82, 2.24) is 15.5 Å². The highest BCUT2D eigenvalue weighted by molar-refractivity contribution is 5.87. The quantitative estimate of drug-likeness (QED) is 0.238. The Kier molecular flexibility index (Phi) is 11.0. The molecule has 3 aromatic rings. The number of aliphatic hydroxyl groups is 1. The lowest BCUT2D eigenvalue weighted by Crippen LogP contribution is -2.44. The molecule has 3 N–H and O–H groups in total. The van der Waals surface area contributed by atoms with Gasteiger partial charge in [-0.15, -0.1) is 0 Å². The first kappa shape index (κ1) is 33.9. The van der Waals surface area contributed by atoms with Crippen LogP contribution in [-0.2, 0) is 23.9 Å². The number of hydrogen-bond acceptors (Lipinski definition) is 7. The predicted octanol–water partition coefficient (Wildman–Crippen LogP) is 5.02. The van der Waals surface area contributed by atoms with Crippen LogP contribution in [0.2, 0.25) is 0 Å². The summed E-state index contributed by atoms with van der Waals surface area (Å²) in [4.78, 5) is 55.1. The van der Waals surface area contributed by atoms with Crippen molar-refractivity contribution in [2.75, 3.05) is 26.4 Å². The van der Waals surface area contributed by atoms with E-state index in [4.69, 9.17) is 9.47 Å². The lowest BCUT2D eigenvalue weighted by molar-refractivity contribution is -0.147. The molecule has 0 spiro atoms. The first-order valence-electron chi connectivity index (χ1n) is 17.1. The van der Waals surface area contributed by atoms with Crippen LogP contribution in [-0.4, -0.2) is 72.3 Å². The van der Waals surface area contributed by atoms with Crippen LogP contribution in [0.25, 0.3) is 11.1 Å². The van der Waals surface area contributed by atoms with E-state index in [0.29, 0.717) is 19.4 Å². The monoisotopic (exact) mass is 665 g/mol. The van der Waals surface area contributed by atoms with Gasteiger partial charge in [-0.05, 0) is 59.9 Å². The van der Waals surface area contributed by atoms with Gasteiger partial charge in [0, 0.05) is 18.9 Å². The molecule has 0 bridgehead atoms. The van der Waals surface area contributed by atoms with E-state index in [1.807, 2.05) is 78.9 Å². The molecule has 10 nitrogen and oxygen atoms in total. The highest BCUT2D eigenvalue weighted by Crippen LogP contribution is 2.44. The molecule has 2 heterocycles. The van der Waals surface area contributed by atoms with Crippen molar-refractivity contribution in [3.8, 4) is 11.1 Å². The van der Waals surface area contributed by atoms with Crippen LogP contribution in [0.5, 0.6) is 0 Å². The maximum Gasteiger partial charge on any atom is 0.407 e. The van der Waals surface area contributed by atoms with E-state index in [0.717, 1.165) is 40.7 Å². The lowest BCUT2D eigenvalue weighted by Gasteiger charge is -2.26. The number of cyclic esters (lactones) is 1. The van der Waals surface area contributed by atoms with Gasteiger partial charge in [-0.25, -0.2) is 9.59 Å². The number of likely N-dealkylation sites (tertiary alicyclic amines) is 1. The largest absolute Gasteiger partial charge is 0.462 e. The average molecular weight is 666 g/mol. The summed E-state index contributed by atoms with van der Waals surface area (Å²) in [5.41, 5.74) is 5.15. The number of esters is 1. The number of carbonyl (C=O) groups excluding carboxylic acids is 4. The van der Waals surface area contributed by atoms with Crippen molar-refractivity contribution in [1.29, 1.82) is 0 Å². The number of carbonyl (C=O) groups is 4. The van der Waals surface area contributed by atoms with Gasteiger partial charge < -0.3 is 30.1 Å². The minimum absolute atomic E-state index is 0.0000640. The topological polar surface area (TPSA) is 134 Å². The van der Waals surface area contributed by atoms with Crippen molar-refractivity contribution in [3.05, 3.63) is 108 Å². The molecule has 3 aliphatic rings. The van der Waals surface area contributed by atoms with Crippen molar-refractivity contribution >= 4 is 23.9 Å². The van der Waals surface area contributed by atoms with Crippen LogP contribution in [0.4, 0.5) is 4.79 Å². The molecule has 3 amide bonds. The summed E-state index contributed by atoms with van der Waals surface area (Å²) in [5, 5.41) is 15.5. The maximum absolute atomic E-state index is 13.6. The van der Waals surface area contributed by atoms with Crippen LogP contribution in [0, 0.1) is 5.92 Å². The fourth-order valence-corrected chi connectivity index (χ4v) is 7.10. The van der Waals surface area contributed by atoms with E-state index in [1.165, 1.54) is 0 Å². The number of amides is 3. The molecule has 0 saturated carbocycles. The van der Waals surface area contributed by atoms with Crippen LogP contribution in [0.15, 0.2) is 91.0 Å². The number of benzene rings is 3. The summed E-state index contributed by atoms with van der Waals surface area (Å²) in [6, 6.07) is 23.5. The molecule has 4 atom stereocenters. The second-order valence-electron chi connectivity index (χ2n) is 12.9. The molecule has 6 rings (SSSR count). The van der Waals surface area contributed by atoms with E-state index in [2.05, 4.69) is 22.8 Å². The number of nitrogens with zero attached hydrogens (tertiary/aromatic N) is 1. The van der Waals surface area contributed by atoms with Gasteiger partial charge in [0.05, 0.1) is 24.6 Å². The molecule has 256 valence electrons. The average Bonchev–Trinajstić information content (AvgIpc) is 3.74. The second kappa shape index (κ2) is 16.0. The van der Waals surface area contributed by atoms with Crippen LogP contribution in [0.3, 0.4) is 0 Å². The first-order valence-corrected chi connectivity index (χ1v) is 17.1. The maximum atomic E-state index is 13.6. The summed E-state index contributed by atoms with van der Waals surface area (Å²) in [6.45, 7) is 0.411. The minimum Gasteiger partial charge on any atom is -0.462 e. The number of alkyl carbamates (subject to hydrolysis) is 1. The molecular formula is C39H43N3O7. The van der Waals surface area contributed by atoms with Crippen LogP contribution in [0.1, 0.15) is 67.2 Å². The first-order chi connectivity index (χ1) is 23.9. The Morgan fingerprint density at radius 2 is 1.61 bits per heavy atom. The summed E-state index contributed by atoms with van der Waals surface area (Å²) >= 11 is 0. The fourth-order valence-electron chi connectivity index (χ4n) is 7.10. The van der Waals surface area contributed by atoms with E-state index in [-0.39, 0.29) is 56.4 Å². The molecule has 4 unspecified atom stereocenters. The smallest absolute Gasteiger partial charge is 0.407 e. The van der Waals surface area contributed by atoms with Gasteiger partial charge in [-0.2, -0.15) is 0 Å². The number of ether oxygens (including phenoxy) is 2. The lowest BCUT2D eigenvalue weighted by atomic mass is 9.97. The van der Waals surface area contributed by atoms with Crippen LogP contribution >= 0.6 is 0 Å². The van der Waals surface area contributed by atoms with E-state index >= 15 is 0 Å². The molecule has 1 saturated heterocycles. The molecule has 49 heavy (non-hydrogen) atoms. The Morgan fingerprint density at radius 3 is 2.33 bits per heavy atom. The SMILES string of the molecule is O=C(NC1CCC=CCC(CC(=O)N2CCCC2CO)C(=O)NC(c2ccccc2)COC1=O)OCC1c2ccccc2-c2ccccc21. The summed E-state index contributed by atoms with van der Waals surface area (Å²) in [5.74, 6) is -1.89. The number of rotatable bonds is 7. The van der Waals surface area contributed by atoms with Gasteiger partial charge in [-0.1, -0.05) is 91.0 Å². The van der Waals surface area contributed by atoms with Gasteiger partial charge in [0.25, 0.3) is 0 Å². The third kappa shape index (κ3) is 8.03. The van der Waals surface area contributed by atoms with Crippen LogP contribution < -0.4 is 10.6 Å². The van der Waals surface area contributed by atoms with Crippen molar-refractivity contribution in [2.24, 2.45) is 5.92 Å². The Bertz CT molecular complexity index is 1630. The molecule has 1 aliphatic carbocycles. The summed E-state index contributed by atoms with van der Waals surface area (Å²) < 4.78 is 11.4. The normalized spacial score (nSPS) is 22.8. The van der Waals surface area contributed by atoms with Gasteiger partial charge in [0.15, 0.2) is 0 Å². The number of fused-ring (bicyclic) bond motifs is 3. The zero-order chi connectivity index (χ0) is 34.2. The summed E-state index contributed by atoms with van der Waals surface area (Å²) in [7, 11) is 0. The third-order valence-electron chi connectivity index (χ3n) is 9.74. The third-order valence-corrected chi connectivity index (χ3v) is 9.74. The highest BCUT2D eigenvalue weighted by atomic mass is 16.6. The van der Waals surface area contributed by atoms with Gasteiger partial charge in [0.2, 0.25) is 11.8 Å². The van der Waals surface area contributed by atoms with Crippen molar-refractivity contribution in [3.63, 3.8) is 0 Å². The zero-order valence-electron chi connectivity index (χ0n) is 27.5. The second-order valence-corrected chi connectivity index (χ2v) is 12.9. The number of aliphatic hydroxyl groups excluding tert-OH is 1. The van der Waals surface area contributed by atoms with Crippen molar-refractivity contribution < 1.29 is 33.8 Å². The molecule has 1 fully saturated rings. The Morgan fingerprint density at radius 1 is 0.918 bits per heavy atom. The van der Waals surface area contributed by atoms with E-state index < -0.39 is 30.1 Å². The Hall–Kier alpha value is -4.96. The molecule has 10 heteroatoms. The minimum atomic E-state index is -0.976. The predicted molar refractivity (Wildman–Crippen MR) is 183 cm³/mol. The number of nitrogens with one attached hydrogen (secondary N) is 2. The number of hydrogen-bond donors (Lipinski definition) is 3. The Labute approximate surface area is 286 Å². The van der Waals surface area contributed by atoms with Crippen molar-refractivity contribution in [2.45, 2.75) is 62.6 Å². The van der Waals surface area contributed by atoms with Gasteiger partial charge in [-0.3, -0.25) is 9.59 Å². The van der Waals surface area contributed by atoms with Gasteiger partial charge in [0.1, 0.15) is 19.3 Å². The molecule has 2 aliphatic heterocycles.